The van der Waals surface area contributed by atoms with Gasteiger partial charge in [0, 0.05) is 11.6 Å². The van der Waals surface area contributed by atoms with E-state index in [1.54, 1.807) is 55.7 Å². The number of rotatable bonds is 7. The first-order valence-corrected chi connectivity index (χ1v) is 10.9. The molecule has 4 rings (SSSR count). The summed E-state index contributed by atoms with van der Waals surface area (Å²) in [6, 6.07) is 19.8. The predicted molar refractivity (Wildman–Crippen MR) is 131 cm³/mol. The first-order valence-electron chi connectivity index (χ1n) is 10.9. The smallest absolute Gasteiger partial charge is 0.343 e. The summed E-state index contributed by atoms with van der Waals surface area (Å²) in [4.78, 5) is 12.7. The number of carbonyl (C=O) groups excluding carboxylic acids is 1. The molecule has 0 saturated carbocycles. The zero-order chi connectivity index (χ0) is 24.9. The van der Waals surface area contributed by atoms with Gasteiger partial charge in [0.05, 0.1) is 18.6 Å². The van der Waals surface area contributed by atoms with Crippen LogP contribution >= 0.6 is 0 Å². The van der Waals surface area contributed by atoms with Crippen LogP contribution in [0.1, 0.15) is 33.0 Å². The zero-order valence-corrected chi connectivity index (χ0v) is 19.4. The highest BCUT2D eigenvalue weighted by Gasteiger charge is 2.32. The third-order valence-electron chi connectivity index (χ3n) is 5.64. The van der Waals surface area contributed by atoms with Gasteiger partial charge in [-0.25, -0.2) is 4.79 Å². The van der Waals surface area contributed by atoms with E-state index in [-0.39, 0.29) is 11.5 Å². The number of benzene rings is 3. The van der Waals surface area contributed by atoms with Crippen molar-refractivity contribution < 1.29 is 23.7 Å². The molecule has 3 aromatic rings. The van der Waals surface area contributed by atoms with Crippen LogP contribution < -0.4 is 24.7 Å². The Bertz CT molecular complexity index is 1370. The van der Waals surface area contributed by atoms with Crippen molar-refractivity contribution in [2.75, 3.05) is 13.7 Å². The fourth-order valence-electron chi connectivity index (χ4n) is 3.94. The largest absolute Gasteiger partial charge is 0.493 e. The van der Waals surface area contributed by atoms with Gasteiger partial charge in [0.25, 0.3) is 0 Å². The molecule has 1 aliphatic rings. The number of aryl methyl sites for hydroxylation is 1. The van der Waals surface area contributed by atoms with Crippen LogP contribution in [0.3, 0.4) is 0 Å². The molecule has 0 fully saturated rings. The van der Waals surface area contributed by atoms with Crippen LogP contribution in [-0.4, -0.2) is 19.7 Å². The maximum absolute atomic E-state index is 12.7. The Morgan fingerprint density at radius 1 is 1.17 bits per heavy atom. The SMILES string of the molecule is C=CCOc1ccc(C2C(C#N)=C(N)Oc3cc(OC(=O)c4ccccc4C)ccc32)cc1OC. The number of nitriles is 1. The Kier molecular flexibility index (Phi) is 6.74. The molecule has 1 atom stereocenters. The van der Waals surface area contributed by atoms with E-state index < -0.39 is 11.9 Å². The molecule has 7 nitrogen and oxygen atoms in total. The Balaban J connectivity index is 1.70. The average Bonchev–Trinajstić information content (AvgIpc) is 2.86. The lowest BCUT2D eigenvalue weighted by Gasteiger charge is -2.27. The van der Waals surface area contributed by atoms with E-state index in [0.717, 1.165) is 11.1 Å². The van der Waals surface area contributed by atoms with Crippen molar-refractivity contribution in [1.29, 1.82) is 5.26 Å². The van der Waals surface area contributed by atoms with Crippen LogP contribution in [-0.2, 0) is 0 Å². The number of ether oxygens (including phenoxy) is 4. The molecular weight excluding hydrogens is 444 g/mol. The number of nitrogens with zero attached hydrogens (tertiary/aromatic N) is 1. The van der Waals surface area contributed by atoms with Crippen molar-refractivity contribution in [1.82, 2.24) is 0 Å². The minimum absolute atomic E-state index is 0.0154. The monoisotopic (exact) mass is 468 g/mol. The van der Waals surface area contributed by atoms with Crippen molar-refractivity contribution in [3.63, 3.8) is 0 Å². The molecule has 2 N–H and O–H groups in total. The molecule has 1 aliphatic heterocycles. The maximum Gasteiger partial charge on any atom is 0.343 e. The molecule has 0 radical (unpaired) electrons. The number of allylic oxidation sites excluding steroid dienone is 1. The first kappa shape index (κ1) is 23.5. The Morgan fingerprint density at radius 3 is 2.69 bits per heavy atom. The van der Waals surface area contributed by atoms with Gasteiger partial charge in [0.15, 0.2) is 11.5 Å². The second-order valence-electron chi connectivity index (χ2n) is 7.84. The number of carbonyl (C=O) groups is 1. The second kappa shape index (κ2) is 10.1. The van der Waals surface area contributed by atoms with E-state index >= 15 is 0 Å². The summed E-state index contributed by atoms with van der Waals surface area (Å²) in [6.45, 7) is 5.83. The van der Waals surface area contributed by atoms with E-state index in [9.17, 15) is 10.1 Å². The molecule has 0 bridgehead atoms. The normalized spacial score (nSPS) is 14.3. The maximum atomic E-state index is 12.7. The molecule has 3 aromatic carbocycles. The van der Waals surface area contributed by atoms with Gasteiger partial charge in [-0.05, 0) is 42.3 Å². The van der Waals surface area contributed by atoms with Crippen LogP contribution in [0.25, 0.3) is 0 Å². The van der Waals surface area contributed by atoms with Gasteiger partial charge in [0.1, 0.15) is 29.7 Å². The number of hydrogen-bond donors (Lipinski definition) is 1. The molecule has 176 valence electrons. The lowest BCUT2D eigenvalue weighted by molar-refractivity contribution is 0.0733. The fraction of sp³-hybridized carbons (Fsp3) is 0.143. The van der Waals surface area contributed by atoms with Gasteiger partial charge >= 0.3 is 5.97 Å². The van der Waals surface area contributed by atoms with Gasteiger partial charge in [-0.1, -0.05) is 43.0 Å². The lowest BCUT2D eigenvalue weighted by Crippen LogP contribution is -2.21. The van der Waals surface area contributed by atoms with Crippen LogP contribution in [0.5, 0.6) is 23.0 Å². The second-order valence-corrected chi connectivity index (χ2v) is 7.84. The molecule has 1 heterocycles. The van der Waals surface area contributed by atoms with Crippen molar-refractivity contribution in [2.45, 2.75) is 12.8 Å². The first-order chi connectivity index (χ1) is 17.0. The molecule has 7 heteroatoms. The van der Waals surface area contributed by atoms with Crippen LogP contribution in [0.4, 0.5) is 0 Å². The van der Waals surface area contributed by atoms with Gasteiger partial charge in [0.2, 0.25) is 5.88 Å². The van der Waals surface area contributed by atoms with E-state index in [4.69, 9.17) is 24.7 Å². The lowest BCUT2D eigenvalue weighted by atomic mass is 9.83. The standard InChI is InChI=1S/C28H24N2O5/c1-4-13-33-23-12-9-18(14-25(23)32-3)26-21-11-10-19(15-24(21)35-27(30)22(26)16-29)34-28(31)20-8-6-5-7-17(20)2/h4-12,14-15,26H,1,13,30H2,2-3H3. The number of nitrogens with two attached hydrogens (primary N) is 1. The molecule has 0 spiro atoms. The highest BCUT2D eigenvalue weighted by atomic mass is 16.5. The third-order valence-corrected chi connectivity index (χ3v) is 5.64. The minimum Gasteiger partial charge on any atom is -0.493 e. The summed E-state index contributed by atoms with van der Waals surface area (Å²) in [5, 5.41) is 9.84. The molecule has 0 saturated heterocycles. The molecule has 0 aromatic heterocycles. The summed E-state index contributed by atoms with van der Waals surface area (Å²) in [6.07, 6.45) is 1.64. The fourth-order valence-corrected chi connectivity index (χ4v) is 3.94. The van der Waals surface area contributed by atoms with Crippen molar-refractivity contribution in [2.24, 2.45) is 5.73 Å². The van der Waals surface area contributed by atoms with Crippen LogP contribution in [0.2, 0.25) is 0 Å². The van der Waals surface area contributed by atoms with Gasteiger partial charge in [-0.2, -0.15) is 5.26 Å². The van der Waals surface area contributed by atoms with Crippen molar-refractivity contribution in [3.05, 3.63) is 107 Å². The topological polar surface area (TPSA) is 104 Å². The molecule has 0 aliphatic carbocycles. The minimum atomic E-state index is -0.507. The Morgan fingerprint density at radius 2 is 1.97 bits per heavy atom. The number of methoxy groups -OCH3 is 1. The van der Waals surface area contributed by atoms with Crippen molar-refractivity contribution in [3.8, 4) is 29.1 Å². The summed E-state index contributed by atoms with van der Waals surface area (Å²) in [5.41, 5.74) is 9.14. The van der Waals surface area contributed by atoms with Gasteiger partial charge in [-0.3, -0.25) is 0 Å². The third kappa shape index (κ3) is 4.68. The van der Waals surface area contributed by atoms with E-state index in [2.05, 4.69) is 12.6 Å². The molecular formula is C28H24N2O5. The average molecular weight is 469 g/mol. The Labute approximate surface area is 203 Å². The van der Waals surface area contributed by atoms with E-state index in [1.165, 1.54) is 0 Å². The van der Waals surface area contributed by atoms with Crippen LogP contribution in [0.15, 0.2) is 84.8 Å². The molecule has 1 unspecified atom stereocenters. The number of esters is 1. The summed E-state index contributed by atoms with van der Waals surface area (Å²) < 4.78 is 22.5. The summed E-state index contributed by atoms with van der Waals surface area (Å²) >= 11 is 0. The summed E-state index contributed by atoms with van der Waals surface area (Å²) in [5.74, 6) is 0.763. The highest BCUT2D eigenvalue weighted by Crippen LogP contribution is 2.45. The quantitative estimate of drug-likeness (QED) is 0.295. The van der Waals surface area contributed by atoms with Gasteiger partial charge < -0.3 is 24.7 Å². The highest BCUT2D eigenvalue weighted by molar-refractivity contribution is 5.92. The van der Waals surface area contributed by atoms with E-state index in [1.807, 2.05) is 25.1 Å². The van der Waals surface area contributed by atoms with Gasteiger partial charge in [-0.15, -0.1) is 0 Å². The number of fused-ring (bicyclic) bond motifs is 1. The summed E-state index contributed by atoms with van der Waals surface area (Å²) in [7, 11) is 1.54. The van der Waals surface area contributed by atoms with Crippen LogP contribution in [0, 0.1) is 18.3 Å². The molecule has 35 heavy (non-hydrogen) atoms. The Hall–Kier alpha value is -4.70. The number of hydrogen-bond acceptors (Lipinski definition) is 7. The molecule has 0 amide bonds. The zero-order valence-electron chi connectivity index (χ0n) is 19.4. The van der Waals surface area contributed by atoms with E-state index in [0.29, 0.717) is 40.7 Å². The predicted octanol–water partition coefficient (Wildman–Crippen LogP) is 5.01. The van der Waals surface area contributed by atoms with Crippen molar-refractivity contribution >= 4 is 5.97 Å².